The smallest absolute Gasteiger partial charge is 0.306 e. The number of hydrogen-bond acceptors (Lipinski definition) is 6. The lowest BCUT2D eigenvalue weighted by molar-refractivity contribution is -0.160. The molecule has 14 atom stereocenters. The second kappa shape index (κ2) is 23.4. The van der Waals surface area contributed by atoms with Crippen LogP contribution in [0.5, 0.6) is 0 Å². The number of carboxylic acids is 1. The predicted octanol–water partition coefficient (Wildman–Crippen LogP) is 14.3. The molecule has 0 aromatic heterocycles. The van der Waals surface area contributed by atoms with Crippen molar-refractivity contribution < 1.29 is 24.9 Å². The molecule has 14 unspecified atom stereocenters. The molecule has 0 amide bonds. The van der Waals surface area contributed by atoms with E-state index in [2.05, 4.69) is 148 Å². The quantitative estimate of drug-likeness (QED) is 0.0907. The molecule has 3 fully saturated rings. The average Bonchev–Trinajstić information content (AvgIpc) is 1.46. The van der Waals surface area contributed by atoms with Gasteiger partial charge in [0.25, 0.3) is 0 Å². The van der Waals surface area contributed by atoms with Crippen molar-refractivity contribution in [3.63, 3.8) is 0 Å². The van der Waals surface area contributed by atoms with Gasteiger partial charge < -0.3 is 30.7 Å². The Labute approximate surface area is 509 Å². The van der Waals surface area contributed by atoms with Crippen LogP contribution in [0.1, 0.15) is 172 Å². The van der Waals surface area contributed by atoms with E-state index in [0.29, 0.717) is 42.9 Å². The van der Waals surface area contributed by atoms with Crippen molar-refractivity contribution in [1.29, 1.82) is 0 Å². The summed E-state index contributed by atoms with van der Waals surface area (Å²) < 4.78 is 5.73. The molecular weight excluding hydrogens is 1040 g/mol. The highest BCUT2D eigenvalue weighted by Gasteiger charge is 2.74. The Morgan fingerprint density at radius 2 is 1.69 bits per heavy atom. The van der Waals surface area contributed by atoms with E-state index in [9.17, 15) is 20.1 Å². The van der Waals surface area contributed by atoms with Crippen molar-refractivity contribution in [3.8, 4) is 0 Å². The maximum Gasteiger partial charge on any atom is 0.306 e. The van der Waals surface area contributed by atoms with Crippen molar-refractivity contribution in [2.45, 2.75) is 181 Å². The molecule has 6 heterocycles. The summed E-state index contributed by atoms with van der Waals surface area (Å²) in [6.45, 7) is 17.1. The Bertz CT molecular complexity index is 3340. The van der Waals surface area contributed by atoms with Crippen LogP contribution in [0, 0.1) is 74.4 Å². The number of carboxylic acid groups (broad SMARTS) is 1. The summed E-state index contributed by atoms with van der Waals surface area (Å²) >= 11 is 0. The zero-order valence-corrected chi connectivity index (χ0v) is 52.2. The number of hydrogen-bond donors (Lipinski definition) is 5. The molecule has 0 saturated heterocycles. The average molecular weight is 1150 g/mol. The van der Waals surface area contributed by atoms with Gasteiger partial charge in [-0.25, -0.2) is 0 Å². The van der Waals surface area contributed by atoms with Gasteiger partial charge >= 0.3 is 5.97 Å². The van der Waals surface area contributed by atoms with E-state index in [-0.39, 0.29) is 34.0 Å². The van der Waals surface area contributed by atoms with Gasteiger partial charge in [0.05, 0.1) is 23.9 Å². The van der Waals surface area contributed by atoms with Crippen LogP contribution in [0.2, 0.25) is 0 Å². The fourth-order valence-electron chi connectivity index (χ4n) is 21.3. The maximum atomic E-state index is 14.1. The van der Waals surface area contributed by atoms with Crippen molar-refractivity contribution in [1.82, 2.24) is 10.6 Å². The molecule has 7 nitrogen and oxygen atoms in total. The third kappa shape index (κ3) is 10.1. The Hall–Kier alpha value is -5.21. The van der Waals surface area contributed by atoms with Gasteiger partial charge in [-0.05, 0) is 218 Å². The molecule has 452 valence electrons. The van der Waals surface area contributed by atoms with Crippen LogP contribution in [0.15, 0.2) is 138 Å². The summed E-state index contributed by atoms with van der Waals surface area (Å²) in [6.07, 6.45) is 35.4. The lowest BCUT2D eigenvalue weighted by Crippen LogP contribution is -2.67. The van der Waals surface area contributed by atoms with Crippen LogP contribution in [-0.2, 0) is 28.8 Å². The summed E-state index contributed by atoms with van der Waals surface area (Å²) in [5.74, 6) is 1.44. The topological polar surface area (TPSA) is 111 Å². The third-order valence-electron chi connectivity index (χ3n) is 25.6. The van der Waals surface area contributed by atoms with Gasteiger partial charge in [-0.15, -0.1) is 0 Å². The van der Waals surface area contributed by atoms with Crippen LogP contribution < -0.4 is 21.1 Å². The maximum absolute atomic E-state index is 14.1. The normalized spacial score (nSPS) is 35.8. The van der Waals surface area contributed by atoms with Crippen LogP contribution in [-0.4, -0.2) is 60.3 Å². The highest BCUT2D eigenvalue weighted by molar-refractivity contribution is 5.78. The standard InChI is InChI=1S/C78H100N2O5/c1-50(28-30-52-18-9-7-10-19-52)55(25-16-41-85-6)44-57-24-14-26-60-62(57)45-66-64-46-77-37-17-36-74(3)69(82)35-39-78(66,73(74)77)65-34-38-75(4)71(68(81)48-76(75,5)67(65)47-77)61(72(83)84)32-29-51(2)59(54-21-11-8-12-22-54)27-15-40-79-70-33-31-58(49-80-70)56-23-13-20-53(42-56)43-63(60)64/h7,9-10,13-14,17-20,23-24,26,31,33,37,42,45-46,50,54-55,59,61,66,68-69,71,73,79-82H,2,8,11-12,15-16,21-22,25,27-30,32,34-36,38-41,43-44,47-49H2,1,3-6H3,(H,83,84). The largest absolute Gasteiger partial charge is 0.481 e. The Kier molecular flexibility index (Phi) is 16.2. The molecule has 0 radical (unpaired) electrons. The predicted molar refractivity (Wildman–Crippen MR) is 345 cm³/mol. The minimum atomic E-state index is -0.761. The number of nitrogens with one attached hydrogen (secondary N) is 2. The number of methoxy groups -OCH3 is 1. The fourth-order valence-corrected chi connectivity index (χ4v) is 21.3. The highest BCUT2D eigenvalue weighted by Crippen LogP contribution is 2.80. The van der Waals surface area contributed by atoms with E-state index in [4.69, 9.17) is 11.3 Å². The van der Waals surface area contributed by atoms with Gasteiger partial charge in [-0.2, -0.15) is 0 Å². The van der Waals surface area contributed by atoms with Gasteiger partial charge in [0.15, 0.2) is 0 Å². The highest BCUT2D eigenvalue weighted by atomic mass is 16.5. The number of allylic oxidation sites excluding steroid dienone is 9. The second-order valence-electron chi connectivity index (χ2n) is 29.9. The van der Waals surface area contributed by atoms with Crippen LogP contribution in [0.25, 0.3) is 17.2 Å². The molecule has 85 heavy (non-hydrogen) atoms. The second-order valence-corrected chi connectivity index (χ2v) is 29.9. The number of fused-ring (bicyclic) bond motifs is 1. The number of dihydropyridines is 1. The number of aryl methyl sites for hydroxylation is 1. The van der Waals surface area contributed by atoms with Crippen LogP contribution in [0.3, 0.4) is 0 Å². The minimum Gasteiger partial charge on any atom is -0.481 e. The first-order valence-corrected chi connectivity index (χ1v) is 33.8. The zero-order chi connectivity index (χ0) is 58.9. The van der Waals surface area contributed by atoms with Gasteiger partial charge in [0, 0.05) is 54.9 Å². The number of ether oxygens (including phenoxy) is 1. The van der Waals surface area contributed by atoms with E-state index in [1.165, 1.54) is 92.7 Å². The molecule has 6 aliphatic heterocycles. The van der Waals surface area contributed by atoms with Crippen molar-refractivity contribution in [2.75, 3.05) is 26.8 Å². The number of benzene rings is 3. The first-order valence-electron chi connectivity index (χ1n) is 33.8. The van der Waals surface area contributed by atoms with Gasteiger partial charge in [-0.3, -0.25) is 4.79 Å². The Morgan fingerprint density at radius 1 is 0.871 bits per heavy atom. The molecule has 3 aromatic rings. The molecule has 14 aliphatic rings. The first kappa shape index (κ1) is 58.8. The number of aliphatic hydroxyl groups excluding tert-OH is 2. The summed E-state index contributed by atoms with van der Waals surface area (Å²) in [5, 5.41) is 47.5. The molecule has 17 rings (SSSR count). The number of rotatable bonds is 12. The SMILES string of the molecule is C=C1CCC(C(=O)O)C2C(O)CC3(C)C4=C(CCC23C)C23CCC(O)C5(C)CC=CC(C=C6C(=c7cccc(CC(CCCOC)C(C)CCc8ccccc8)c7=CC62)Cc2cccc(c2)C2=CC=C(NCCCC1C1CCCCC1)NC2)(C4)C53. The zero-order valence-electron chi connectivity index (χ0n) is 52.2. The van der Waals surface area contributed by atoms with Crippen molar-refractivity contribution in [3.05, 3.63) is 171 Å². The molecule has 8 aliphatic carbocycles. The third-order valence-corrected chi connectivity index (χ3v) is 25.6. The summed E-state index contributed by atoms with van der Waals surface area (Å²) in [5.41, 5.74) is 12.2. The van der Waals surface area contributed by atoms with E-state index in [1.54, 1.807) is 5.57 Å². The van der Waals surface area contributed by atoms with E-state index in [0.717, 1.165) is 115 Å². The van der Waals surface area contributed by atoms with E-state index < -0.39 is 34.9 Å². The van der Waals surface area contributed by atoms with Crippen molar-refractivity contribution in [2.24, 2.45) is 74.4 Å². The molecular formula is C78H100N2O5. The summed E-state index contributed by atoms with van der Waals surface area (Å²) in [6, 6.07) is 27.7. The molecule has 3 aromatic carbocycles. The Morgan fingerprint density at radius 3 is 2.48 bits per heavy atom. The van der Waals surface area contributed by atoms with Gasteiger partial charge in [0.1, 0.15) is 0 Å². The van der Waals surface area contributed by atoms with Crippen molar-refractivity contribution >= 4 is 23.2 Å². The summed E-state index contributed by atoms with van der Waals surface area (Å²) in [4.78, 5) is 14.1. The lowest BCUT2D eigenvalue weighted by Gasteiger charge is -2.72. The molecule has 14 bridgehead atoms. The number of carbonyl (C=O) groups is 1. The van der Waals surface area contributed by atoms with Crippen LogP contribution >= 0.6 is 0 Å². The Balaban J connectivity index is 0.988. The molecule has 7 heteroatoms. The fraction of sp³-hybridized carbons (Fsp3) is 0.577. The monoisotopic (exact) mass is 1140 g/mol. The number of aliphatic hydroxyl groups is 2. The lowest BCUT2D eigenvalue weighted by atomic mass is 9.31. The minimum absolute atomic E-state index is 0.0772. The van der Waals surface area contributed by atoms with Gasteiger partial charge in [-0.1, -0.05) is 173 Å². The van der Waals surface area contributed by atoms with Gasteiger partial charge in [0.2, 0.25) is 0 Å². The number of aliphatic carboxylic acids is 1. The van der Waals surface area contributed by atoms with Crippen LogP contribution in [0.4, 0.5) is 0 Å². The molecule has 3 saturated carbocycles. The van der Waals surface area contributed by atoms with E-state index >= 15 is 0 Å². The first-order chi connectivity index (χ1) is 41.1. The summed E-state index contributed by atoms with van der Waals surface area (Å²) in [7, 11) is 1.84. The van der Waals surface area contributed by atoms with E-state index in [1.807, 2.05) is 7.11 Å². The molecule has 5 N–H and O–H groups in total. The molecule has 2 spiro atoms.